The molecule has 1 aliphatic rings. The number of amides is 1. The minimum Gasteiger partial charge on any atom is -0.372 e. The largest absolute Gasteiger partial charge is 0.372 e. The maximum Gasteiger partial charge on any atom is 0.260 e. The number of benzene rings is 1. The van der Waals surface area contributed by atoms with Crippen LogP contribution in [-0.2, 0) is 0 Å². The van der Waals surface area contributed by atoms with Crippen LogP contribution >= 0.6 is 0 Å². The molecule has 1 aliphatic heterocycles. The van der Waals surface area contributed by atoms with Crippen LogP contribution in [0.4, 0.5) is 11.4 Å². The van der Waals surface area contributed by atoms with Crippen molar-refractivity contribution in [3.8, 4) is 0 Å². The van der Waals surface area contributed by atoms with Crippen molar-refractivity contribution in [3.05, 3.63) is 41.8 Å². The molecular weight excluding hydrogens is 266 g/mol. The molecule has 110 valence electrons. The molecule has 21 heavy (non-hydrogen) atoms. The van der Waals surface area contributed by atoms with E-state index in [0.29, 0.717) is 11.3 Å². The third kappa shape index (κ3) is 3.07. The topological polar surface area (TPSA) is 58.4 Å². The normalized spacial score (nSPS) is 15.0. The van der Waals surface area contributed by atoms with Gasteiger partial charge in [0, 0.05) is 24.5 Å². The summed E-state index contributed by atoms with van der Waals surface area (Å²) < 4.78 is 4.90. The predicted octanol–water partition coefficient (Wildman–Crippen LogP) is 3.23. The fraction of sp³-hybridized carbons (Fsp3) is 0.375. The number of hydrogen-bond acceptors (Lipinski definition) is 4. The van der Waals surface area contributed by atoms with Crippen LogP contribution in [0.3, 0.4) is 0 Å². The molecule has 2 heterocycles. The minimum atomic E-state index is -0.195. The summed E-state index contributed by atoms with van der Waals surface area (Å²) in [5.74, 6) is 0.330. The van der Waals surface area contributed by atoms with Gasteiger partial charge in [-0.1, -0.05) is 5.16 Å². The van der Waals surface area contributed by atoms with E-state index in [1.54, 1.807) is 6.92 Å². The molecule has 0 unspecified atom stereocenters. The Bertz CT molecular complexity index is 613. The zero-order valence-corrected chi connectivity index (χ0v) is 12.1. The molecule has 0 bridgehead atoms. The van der Waals surface area contributed by atoms with Crippen LogP contribution in [0, 0.1) is 6.92 Å². The fourth-order valence-electron chi connectivity index (χ4n) is 2.62. The minimum absolute atomic E-state index is 0.195. The summed E-state index contributed by atoms with van der Waals surface area (Å²) in [6.07, 6.45) is 5.27. The molecule has 0 saturated carbocycles. The lowest BCUT2D eigenvalue weighted by Crippen LogP contribution is -2.29. The van der Waals surface area contributed by atoms with Gasteiger partial charge in [-0.15, -0.1) is 0 Å². The van der Waals surface area contributed by atoms with Gasteiger partial charge in [0.25, 0.3) is 5.91 Å². The van der Waals surface area contributed by atoms with Crippen molar-refractivity contribution in [1.29, 1.82) is 0 Å². The smallest absolute Gasteiger partial charge is 0.260 e. The van der Waals surface area contributed by atoms with Gasteiger partial charge < -0.3 is 14.7 Å². The average Bonchev–Trinajstić information content (AvgIpc) is 2.95. The first-order chi connectivity index (χ1) is 10.2. The van der Waals surface area contributed by atoms with Gasteiger partial charge in [-0.3, -0.25) is 4.79 Å². The van der Waals surface area contributed by atoms with Crippen molar-refractivity contribution in [2.45, 2.75) is 26.2 Å². The Labute approximate surface area is 123 Å². The second kappa shape index (κ2) is 5.99. The molecular formula is C16H19N3O2. The van der Waals surface area contributed by atoms with Crippen LogP contribution in [0.2, 0.25) is 0 Å². The monoisotopic (exact) mass is 285 g/mol. The van der Waals surface area contributed by atoms with Gasteiger partial charge in [0.15, 0.2) is 0 Å². The van der Waals surface area contributed by atoms with Gasteiger partial charge in [-0.05, 0) is 50.5 Å². The van der Waals surface area contributed by atoms with Crippen molar-refractivity contribution in [1.82, 2.24) is 5.16 Å². The lowest BCUT2D eigenvalue weighted by Gasteiger charge is -2.28. The Morgan fingerprint density at radius 3 is 2.52 bits per heavy atom. The van der Waals surface area contributed by atoms with E-state index in [4.69, 9.17) is 4.52 Å². The maximum atomic E-state index is 12.1. The first kappa shape index (κ1) is 13.7. The van der Waals surface area contributed by atoms with Crippen LogP contribution in [0.1, 0.15) is 35.4 Å². The number of nitrogens with zero attached hydrogens (tertiary/aromatic N) is 2. The highest BCUT2D eigenvalue weighted by Gasteiger charge is 2.14. The lowest BCUT2D eigenvalue weighted by molar-refractivity contribution is 0.102. The highest BCUT2D eigenvalue weighted by molar-refractivity contribution is 6.04. The van der Waals surface area contributed by atoms with Crippen molar-refractivity contribution < 1.29 is 9.32 Å². The quantitative estimate of drug-likeness (QED) is 0.940. The number of carbonyl (C=O) groups is 1. The Morgan fingerprint density at radius 1 is 1.19 bits per heavy atom. The number of aryl methyl sites for hydroxylation is 1. The van der Waals surface area contributed by atoms with Crippen molar-refractivity contribution in [2.75, 3.05) is 23.3 Å². The van der Waals surface area contributed by atoms with E-state index in [1.807, 2.05) is 12.1 Å². The van der Waals surface area contributed by atoms with E-state index in [-0.39, 0.29) is 5.91 Å². The number of carbonyl (C=O) groups excluding carboxylic acids is 1. The van der Waals surface area contributed by atoms with Crippen LogP contribution in [0.25, 0.3) is 0 Å². The van der Waals surface area contributed by atoms with Crippen LogP contribution in [0.15, 0.2) is 35.0 Å². The average molecular weight is 285 g/mol. The third-order valence-corrected chi connectivity index (χ3v) is 3.84. The van der Waals surface area contributed by atoms with Crippen LogP contribution in [-0.4, -0.2) is 24.2 Å². The molecule has 0 atom stereocenters. The van der Waals surface area contributed by atoms with E-state index >= 15 is 0 Å². The summed E-state index contributed by atoms with van der Waals surface area (Å²) in [7, 11) is 0. The van der Waals surface area contributed by atoms with Gasteiger partial charge in [0.05, 0.1) is 6.20 Å². The lowest BCUT2D eigenvalue weighted by atomic mass is 10.1. The fourth-order valence-corrected chi connectivity index (χ4v) is 2.62. The van der Waals surface area contributed by atoms with Crippen LogP contribution < -0.4 is 10.2 Å². The molecule has 0 aliphatic carbocycles. The molecule has 0 spiro atoms. The summed E-state index contributed by atoms with van der Waals surface area (Å²) in [5, 5.41) is 6.48. The first-order valence-electron chi connectivity index (χ1n) is 7.32. The first-order valence-corrected chi connectivity index (χ1v) is 7.32. The number of anilines is 2. The Kier molecular flexibility index (Phi) is 3.90. The SMILES string of the molecule is Cc1oncc1C(=O)Nc1ccc(N2CCCCC2)cc1. The van der Waals surface area contributed by atoms with Crippen molar-refractivity contribution in [3.63, 3.8) is 0 Å². The maximum absolute atomic E-state index is 12.1. The Morgan fingerprint density at radius 2 is 1.90 bits per heavy atom. The molecule has 5 heteroatoms. The molecule has 2 aromatic rings. The number of rotatable bonds is 3. The van der Waals surface area contributed by atoms with E-state index in [1.165, 1.54) is 31.1 Å². The summed E-state index contributed by atoms with van der Waals surface area (Å²) in [5.41, 5.74) is 2.46. The zero-order valence-electron chi connectivity index (χ0n) is 12.1. The van der Waals surface area contributed by atoms with Gasteiger partial charge >= 0.3 is 0 Å². The Balaban J connectivity index is 1.67. The Hall–Kier alpha value is -2.30. The molecule has 1 N–H and O–H groups in total. The second-order valence-electron chi connectivity index (χ2n) is 5.34. The molecule has 1 amide bonds. The van der Waals surface area contributed by atoms with Crippen molar-refractivity contribution >= 4 is 17.3 Å². The molecule has 5 nitrogen and oxygen atoms in total. The molecule has 1 aromatic heterocycles. The van der Waals surface area contributed by atoms with Gasteiger partial charge in [0.2, 0.25) is 0 Å². The number of nitrogens with one attached hydrogen (secondary N) is 1. The predicted molar refractivity (Wildman–Crippen MR) is 81.7 cm³/mol. The standard InChI is InChI=1S/C16H19N3O2/c1-12-15(11-17-21-12)16(20)18-13-5-7-14(8-6-13)19-9-3-2-4-10-19/h5-8,11H,2-4,9-10H2,1H3,(H,18,20). The summed E-state index contributed by atoms with van der Waals surface area (Å²) in [4.78, 5) is 14.4. The third-order valence-electron chi connectivity index (χ3n) is 3.84. The number of hydrogen-bond donors (Lipinski definition) is 1. The van der Waals surface area contributed by atoms with Gasteiger partial charge in [-0.25, -0.2) is 0 Å². The second-order valence-corrected chi connectivity index (χ2v) is 5.34. The number of piperidine rings is 1. The zero-order chi connectivity index (χ0) is 14.7. The van der Waals surface area contributed by atoms with Gasteiger partial charge in [0.1, 0.15) is 11.3 Å². The molecule has 1 aromatic carbocycles. The van der Waals surface area contributed by atoms with E-state index in [9.17, 15) is 4.79 Å². The summed E-state index contributed by atoms with van der Waals surface area (Å²) in [6, 6.07) is 7.98. The molecule has 0 radical (unpaired) electrons. The highest BCUT2D eigenvalue weighted by Crippen LogP contribution is 2.22. The summed E-state index contributed by atoms with van der Waals surface area (Å²) >= 11 is 0. The van der Waals surface area contributed by atoms with E-state index in [0.717, 1.165) is 18.8 Å². The number of aromatic nitrogens is 1. The molecule has 3 rings (SSSR count). The van der Waals surface area contributed by atoms with Gasteiger partial charge in [-0.2, -0.15) is 0 Å². The van der Waals surface area contributed by atoms with E-state index in [2.05, 4.69) is 27.5 Å². The van der Waals surface area contributed by atoms with Crippen LogP contribution in [0.5, 0.6) is 0 Å². The van der Waals surface area contributed by atoms with E-state index < -0.39 is 0 Å². The highest BCUT2D eigenvalue weighted by atomic mass is 16.5. The summed E-state index contributed by atoms with van der Waals surface area (Å²) in [6.45, 7) is 3.96. The van der Waals surface area contributed by atoms with Crippen molar-refractivity contribution in [2.24, 2.45) is 0 Å². The molecule has 1 fully saturated rings. The molecule has 1 saturated heterocycles.